The Labute approximate surface area is 121 Å². The van der Waals surface area contributed by atoms with Crippen LogP contribution in [0.2, 0.25) is 0 Å². The van der Waals surface area contributed by atoms with E-state index in [9.17, 15) is 4.79 Å². The molecule has 1 heterocycles. The van der Waals surface area contributed by atoms with Crippen LogP contribution in [-0.4, -0.2) is 28.4 Å². The van der Waals surface area contributed by atoms with Crippen molar-refractivity contribution in [2.24, 2.45) is 0 Å². The molecule has 0 saturated heterocycles. The third kappa shape index (κ3) is 3.87. The van der Waals surface area contributed by atoms with E-state index >= 15 is 0 Å². The summed E-state index contributed by atoms with van der Waals surface area (Å²) in [4.78, 5) is 16.2. The highest BCUT2D eigenvalue weighted by atomic mass is 35.5. The van der Waals surface area contributed by atoms with Gasteiger partial charge >= 0.3 is 0 Å². The average molecular weight is 305 g/mol. The molecule has 0 bridgehead atoms. The molecule has 0 aromatic carbocycles. The summed E-state index contributed by atoms with van der Waals surface area (Å²) in [6, 6.07) is 0.349. The highest BCUT2D eigenvalue weighted by Crippen LogP contribution is 2.28. The first-order valence-corrected chi connectivity index (χ1v) is 8.73. The number of amides is 1. The summed E-state index contributed by atoms with van der Waals surface area (Å²) in [5.41, 5.74) is 0.854. The molecule has 0 radical (unpaired) electrons. The molecular weight excluding hydrogens is 288 g/mol. The number of nitrogens with one attached hydrogen (secondary N) is 1. The summed E-state index contributed by atoms with van der Waals surface area (Å²) in [6.45, 7) is 0. The monoisotopic (exact) mass is 304 g/mol. The van der Waals surface area contributed by atoms with Gasteiger partial charge in [-0.1, -0.05) is 0 Å². The second-order valence-electron chi connectivity index (χ2n) is 4.48. The number of hydrogen-bond acceptors (Lipinski definition) is 4. The Morgan fingerprint density at radius 2 is 2.50 bits per heavy atom. The lowest BCUT2D eigenvalue weighted by Crippen LogP contribution is -2.34. The summed E-state index contributed by atoms with van der Waals surface area (Å²) in [5.74, 6) is 0.494. The van der Waals surface area contributed by atoms with Crippen LogP contribution in [0.1, 0.15) is 30.0 Å². The zero-order chi connectivity index (χ0) is 13.0. The topological polar surface area (TPSA) is 42.0 Å². The van der Waals surface area contributed by atoms with E-state index in [1.54, 1.807) is 0 Å². The molecule has 1 aromatic heterocycles. The first-order chi connectivity index (χ1) is 8.71. The molecule has 1 fully saturated rings. The van der Waals surface area contributed by atoms with Crippen molar-refractivity contribution in [2.75, 3.05) is 6.26 Å². The number of alkyl halides is 1. The fourth-order valence-electron chi connectivity index (χ4n) is 2.19. The molecule has 3 nitrogen and oxygen atoms in total. The SMILES string of the molecule is CSC1CCC(NC(=O)Cc2nc(CCl)cs2)C1. The predicted molar refractivity (Wildman–Crippen MR) is 78.5 cm³/mol. The minimum atomic E-state index is 0.0808. The Kier molecular flexibility index (Phi) is 5.33. The van der Waals surface area contributed by atoms with Crippen molar-refractivity contribution in [3.63, 3.8) is 0 Å². The van der Waals surface area contributed by atoms with Crippen LogP contribution in [0.5, 0.6) is 0 Å². The Hall–Kier alpha value is -0.260. The smallest absolute Gasteiger partial charge is 0.227 e. The Morgan fingerprint density at radius 1 is 1.67 bits per heavy atom. The van der Waals surface area contributed by atoms with E-state index in [0.29, 0.717) is 23.6 Å². The van der Waals surface area contributed by atoms with Crippen LogP contribution in [0.25, 0.3) is 0 Å². The van der Waals surface area contributed by atoms with Gasteiger partial charge in [-0.05, 0) is 25.5 Å². The van der Waals surface area contributed by atoms with E-state index < -0.39 is 0 Å². The molecule has 2 rings (SSSR count). The van der Waals surface area contributed by atoms with Crippen LogP contribution in [-0.2, 0) is 17.1 Å². The quantitative estimate of drug-likeness (QED) is 0.851. The van der Waals surface area contributed by atoms with Crippen LogP contribution in [0.4, 0.5) is 0 Å². The standard InChI is InChI=1S/C12H17ClN2OS2/c1-17-10-3-2-8(4-10)14-11(16)5-12-15-9(6-13)7-18-12/h7-8,10H,2-6H2,1H3,(H,14,16). The first kappa shape index (κ1) is 14.2. The molecular formula is C12H17ClN2OS2. The van der Waals surface area contributed by atoms with E-state index in [2.05, 4.69) is 16.6 Å². The number of thiazole rings is 1. The summed E-state index contributed by atoms with van der Waals surface area (Å²) in [7, 11) is 0. The molecule has 18 heavy (non-hydrogen) atoms. The molecule has 100 valence electrons. The number of thioether (sulfide) groups is 1. The molecule has 1 aromatic rings. The first-order valence-electron chi connectivity index (χ1n) is 6.02. The minimum absolute atomic E-state index is 0.0808. The van der Waals surface area contributed by atoms with Gasteiger partial charge in [-0.2, -0.15) is 11.8 Å². The van der Waals surface area contributed by atoms with Crippen LogP contribution in [0, 0.1) is 0 Å². The van der Waals surface area contributed by atoms with E-state index in [-0.39, 0.29) is 5.91 Å². The number of aromatic nitrogens is 1. The maximum absolute atomic E-state index is 11.9. The highest BCUT2D eigenvalue weighted by molar-refractivity contribution is 7.99. The third-order valence-corrected chi connectivity index (χ3v) is 5.40. The number of halogens is 1. The zero-order valence-corrected chi connectivity index (χ0v) is 12.7. The van der Waals surface area contributed by atoms with Crippen LogP contribution >= 0.6 is 34.7 Å². The second kappa shape index (κ2) is 6.78. The van der Waals surface area contributed by atoms with Gasteiger partial charge in [0.2, 0.25) is 5.91 Å². The van der Waals surface area contributed by atoms with Crippen LogP contribution in [0.3, 0.4) is 0 Å². The van der Waals surface area contributed by atoms with Gasteiger partial charge in [0.1, 0.15) is 5.01 Å². The van der Waals surface area contributed by atoms with E-state index in [1.165, 1.54) is 17.8 Å². The maximum Gasteiger partial charge on any atom is 0.227 e. The predicted octanol–water partition coefficient (Wildman–Crippen LogP) is 2.82. The number of carbonyl (C=O) groups is 1. The van der Waals surface area contributed by atoms with Crippen molar-refractivity contribution in [3.05, 3.63) is 16.1 Å². The lowest BCUT2D eigenvalue weighted by molar-refractivity contribution is -0.121. The third-order valence-electron chi connectivity index (χ3n) is 3.13. The zero-order valence-electron chi connectivity index (χ0n) is 10.3. The van der Waals surface area contributed by atoms with Gasteiger partial charge in [-0.25, -0.2) is 4.98 Å². The molecule has 1 aliphatic carbocycles. The molecule has 6 heteroatoms. The van der Waals surface area contributed by atoms with Crippen molar-refractivity contribution < 1.29 is 4.79 Å². The van der Waals surface area contributed by atoms with E-state index in [1.807, 2.05) is 17.1 Å². The normalized spacial score (nSPS) is 23.2. The molecule has 1 N–H and O–H groups in total. The Bertz CT molecular complexity index is 411. The Balaban J connectivity index is 1.78. The number of hydrogen-bond donors (Lipinski definition) is 1. The largest absolute Gasteiger partial charge is 0.353 e. The molecule has 1 amide bonds. The number of carbonyl (C=O) groups excluding carboxylic acids is 1. The molecule has 2 unspecified atom stereocenters. The van der Waals surface area contributed by atoms with Gasteiger partial charge in [0.05, 0.1) is 18.0 Å². The van der Waals surface area contributed by atoms with Gasteiger partial charge in [-0.3, -0.25) is 4.79 Å². The molecule has 0 aliphatic heterocycles. The molecule has 0 spiro atoms. The van der Waals surface area contributed by atoms with Crippen molar-refractivity contribution in [3.8, 4) is 0 Å². The highest BCUT2D eigenvalue weighted by Gasteiger charge is 2.25. The molecule has 1 aliphatic rings. The Morgan fingerprint density at radius 3 is 3.11 bits per heavy atom. The van der Waals surface area contributed by atoms with Crippen LogP contribution in [0.15, 0.2) is 5.38 Å². The van der Waals surface area contributed by atoms with Crippen molar-refractivity contribution in [2.45, 2.75) is 42.9 Å². The number of rotatable bonds is 5. The summed E-state index contributed by atoms with van der Waals surface area (Å²) < 4.78 is 0. The molecule has 1 saturated carbocycles. The average Bonchev–Trinajstić information content (AvgIpc) is 2.98. The fraction of sp³-hybridized carbons (Fsp3) is 0.667. The van der Waals surface area contributed by atoms with Crippen molar-refractivity contribution in [1.29, 1.82) is 0 Å². The lowest BCUT2D eigenvalue weighted by Gasteiger charge is -2.11. The van der Waals surface area contributed by atoms with Crippen molar-refractivity contribution in [1.82, 2.24) is 10.3 Å². The van der Waals surface area contributed by atoms with Gasteiger partial charge in [0.25, 0.3) is 0 Å². The minimum Gasteiger partial charge on any atom is -0.353 e. The second-order valence-corrected chi connectivity index (χ2v) is 6.83. The van der Waals surface area contributed by atoms with Gasteiger partial charge < -0.3 is 5.32 Å². The lowest BCUT2D eigenvalue weighted by atomic mass is 10.2. The van der Waals surface area contributed by atoms with E-state index in [0.717, 1.165) is 23.5 Å². The summed E-state index contributed by atoms with van der Waals surface area (Å²) in [5, 5.41) is 6.57. The maximum atomic E-state index is 11.9. The number of nitrogens with zero attached hydrogens (tertiary/aromatic N) is 1. The van der Waals surface area contributed by atoms with Gasteiger partial charge in [-0.15, -0.1) is 22.9 Å². The summed E-state index contributed by atoms with van der Waals surface area (Å²) in [6.07, 6.45) is 5.92. The van der Waals surface area contributed by atoms with Crippen molar-refractivity contribution >= 4 is 40.6 Å². The van der Waals surface area contributed by atoms with E-state index in [4.69, 9.17) is 11.6 Å². The fourth-order valence-corrected chi connectivity index (χ4v) is 4.01. The van der Waals surface area contributed by atoms with Crippen LogP contribution < -0.4 is 5.32 Å². The molecule has 2 atom stereocenters. The van der Waals surface area contributed by atoms with Gasteiger partial charge in [0.15, 0.2) is 0 Å². The summed E-state index contributed by atoms with van der Waals surface area (Å²) >= 11 is 9.09. The van der Waals surface area contributed by atoms with Gasteiger partial charge in [0, 0.05) is 16.7 Å².